The van der Waals surface area contributed by atoms with Gasteiger partial charge in [0.1, 0.15) is 6.26 Å². The highest BCUT2D eigenvalue weighted by atomic mass is 16.3. The van der Waals surface area contributed by atoms with Gasteiger partial charge in [-0.15, -0.1) is 0 Å². The van der Waals surface area contributed by atoms with Crippen LogP contribution in [0.4, 0.5) is 0 Å². The van der Waals surface area contributed by atoms with Crippen molar-refractivity contribution in [2.75, 3.05) is 13.1 Å². The van der Waals surface area contributed by atoms with Crippen LogP contribution in [0.5, 0.6) is 0 Å². The van der Waals surface area contributed by atoms with E-state index in [-0.39, 0.29) is 23.4 Å². The van der Waals surface area contributed by atoms with Gasteiger partial charge in [0.15, 0.2) is 5.69 Å². The van der Waals surface area contributed by atoms with Gasteiger partial charge in [0.2, 0.25) is 11.8 Å². The van der Waals surface area contributed by atoms with Gasteiger partial charge in [0.05, 0.1) is 6.54 Å². The quantitative estimate of drug-likeness (QED) is 0.857. The Morgan fingerprint density at radius 3 is 2.75 bits per heavy atom. The third kappa shape index (κ3) is 3.18. The summed E-state index contributed by atoms with van der Waals surface area (Å²) in [5, 5.41) is 2.66. The summed E-state index contributed by atoms with van der Waals surface area (Å²) in [7, 11) is 0. The Morgan fingerprint density at radius 1 is 1.45 bits per heavy atom. The van der Waals surface area contributed by atoms with Gasteiger partial charge >= 0.3 is 0 Å². The van der Waals surface area contributed by atoms with Gasteiger partial charge in [-0.25, -0.2) is 4.98 Å². The third-order valence-corrected chi connectivity index (χ3v) is 3.60. The lowest BCUT2D eigenvalue weighted by atomic mass is 9.84. The van der Waals surface area contributed by atoms with Crippen LogP contribution in [0.2, 0.25) is 0 Å². The monoisotopic (exact) mass is 279 g/mol. The standard InChI is InChI=1S/C14H21N3O3/c1-3-15-13(18)11-9-20-12(16-11)8-17(4-2)14(19)10-6-5-7-10/h9-10H,3-8H2,1-2H3,(H,15,18). The van der Waals surface area contributed by atoms with Crippen LogP contribution in [0.3, 0.4) is 0 Å². The molecule has 0 atom stereocenters. The summed E-state index contributed by atoms with van der Waals surface area (Å²) in [6.07, 6.45) is 4.42. The van der Waals surface area contributed by atoms with E-state index in [0.29, 0.717) is 25.5 Å². The van der Waals surface area contributed by atoms with Gasteiger partial charge < -0.3 is 14.6 Å². The minimum absolute atomic E-state index is 0.160. The molecule has 1 aliphatic rings. The molecule has 0 spiro atoms. The van der Waals surface area contributed by atoms with Crippen molar-refractivity contribution >= 4 is 11.8 Å². The molecule has 0 radical (unpaired) electrons. The largest absolute Gasteiger partial charge is 0.446 e. The molecule has 6 nitrogen and oxygen atoms in total. The van der Waals surface area contributed by atoms with Gasteiger partial charge in [-0.2, -0.15) is 0 Å². The molecule has 0 aromatic carbocycles. The van der Waals surface area contributed by atoms with Crippen molar-refractivity contribution < 1.29 is 14.0 Å². The van der Waals surface area contributed by atoms with Crippen LogP contribution in [0.1, 0.15) is 49.5 Å². The summed E-state index contributed by atoms with van der Waals surface area (Å²) in [5.41, 5.74) is 0.258. The van der Waals surface area contributed by atoms with Crippen LogP contribution in [0.15, 0.2) is 10.7 Å². The Kier molecular flexibility index (Phi) is 4.76. The number of carbonyl (C=O) groups excluding carboxylic acids is 2. The summed E-state index contributed by atoms with van der Waals surface area (Å²) < 4.78 is 5.28. The minimum atomic E-state index is -0.254. The second-order valence-corrected chi connectivity index (χ2v) is 4.97. The van der Waals surface area contributed by atoms with Gasteiger partial charge in [0.25, 0.3) is 5.91 Å². The Hall–Kier alpha value is -1.85. The van der Waals surface area contributed by atoms with E-state index in [4.69, 9.17) is 4.42 Å². The molecule has 0 saturated heterocycles. The first-order chi connectivity index (χ1) is 9.65. The molecule has 1 saturated carbocycles. The maximum absolute atomic E-state index is 12.2. The van der Waals surface area contributed by atoms with E-state index in [9.17, 15) is 9.59 Å². The number of hydrogen-bond donors (Lipinski definition) is 1. The molecule has 6 heteroatoms. The normalized spacial score (nSPS) is 14.7. The van der Waals surface area contributed by atoms with Crippen LogP contribution in [-0.2, 0) is 11.3 Å². The molecule has 2 rings (SSSR count). The Bertz CT molecular complexity index is 480. The number of oxazole rings is 1. The second-order valence-electron chi connectivity index (χ2n) is 4.97. The van der Waals surface area contributed by atoms with Crippen LogP contribution >= 0.6 is 0 Å². The summed E-state index contributed by atoms with van der Waals surface area (Å²) in [4.78, 5) is 29.6. The molecule has 0 bridgehead atoms. The number of carbonyl (C=O) groups is 2. The Morgan fingerprint density at radius 2 is 2.20 bits per heavy atom. The van der Waals surface area contributed by atoms with Crippen molar-refractivity contribution in [2.24, 2.45) is 5.92 Å². The van der Waals surface area contributed by atoms with E-state index in [1.54, 1.807) is 4.90 Å². The first-order valence-electron chi connectivity index (χ1n) is 7.17. The summed E-state index contributed by atoms with van der Waals surface area (Å²) in [6.45, 7) is 5.26. The highest BCUT2D eigenvalue weighted by Crippen LogP contribution is 2.28. The molecule has 110 valence electrons. The predicted octanol–water partition coefficient (Wildman–Crippen LogP) is 1.57. The molecule has 2 amide bonds. The van der Waals surface area contributed by atoms with Crippen molar-refractivity contribution in [3.8, 4) is 0 Å². The fourth-order valence-corrected chi connectivity index (χ4v) is 2.16. The van der Waals surface area contributed by atoms with Crippen molar-refractivity contribution in [1.82, 2.24) is 15.2 Å². The zero-order chi connectivity index (χ0) is 14.5. The molecule has 1 N–H and O–H groups in total. The second kappa shape index (κ2) is 6.54. The molecule has 0 unspecified atom stereocenters. The number of aromatic nitrogens is 1. The lowest BCUT2D eigenvalue weighted by Gasteiger charge is -2.30. The van der Waals surface area contributed by atoms with Crippen LogP contribution < -0.4 is 5.32 Å². The number of nitrogens with zero attached hydrogens (tertiary/aromatic N) is 2. The molecule has 20 heavy (non-hydrogen) atoms. The fourth-order valence-electron chi connectivity index (χ4n) is 2.16. The van der Waals surface area contributed by atoms with Gasteiger partial charge in [-0.05, 0) is 26.7 Å². The number of hydrogen-bond acceptors (Lipinski definition) is 4. The van der Waals surface area contributed by atoms with Crippen LogP contribution in [0.25, 0.3) is 0 Å². The predicted molar refractivity (Wildman–Crippen MR) is 72.9 cm³/mol. The molecule has 1 aromatic heterocycles. The van der Waals surface area contributed by atoms with Crippen molar-refractivity contribution in [3.05, 3.63) is 17.8 Å². The van der Waals surface area contributed by atoms with E-state index >= 15 is 0 Å². The van der Waals surface area contributed by atoms with Gasteiger partial charge in [-0.3, -0.25) is 9.59 Å². The molecule has 0 aliphatic heterocycles. The average Bonchev–Trinajstić information content (AvgIpc) is 2.82. The number of amides is 2. The highest BCUT2D eigenvalue weighted by molar-refractivity contribution is 5.91. The maximum Gasteiger partial charge on any atom is 0.273 e. The number of rotatable bonds is 6. The van der Waals surface area contributed by atoms with E-state index in [2.05, 4.69) is 10.3 Å². The minimum Gasteiger partial charge on any atom is -0.446 e. The Labute approximate surface area is 118 Å². The fraction of sp³-hybridized carbons (Fsp3) is 0.643. The summed E-state index contributed by atoms with van der Waals surface area (Å²) >= 11 is 0. The Balaban J connectivity index is 1.97. The molecular formula is C14H21N3O3. The van der Waals surface area contributed by atoms with E-state index in [1.165, 1.54) is 6.26 Å². The molecular weight excluding hydrogens is 258 g/mol. The van der Waals surface area contributed by atoms with E-state index in [0.717, 1.165) is 19.3 Å². The first-order valence-corrected chi connectivity index (χ1v) is 7.17. The SMILES string of the molecule is CCNC(=O)c1coc(CN(CC)C(=O)C2CCC2)n1. The topological polar surface area (TPSA) is 75.4 Å². The van der Waals surface area contributed by atoms with Crippen LogP contribution in [0, 0.1) is 5.92 Å². The summed E-state index contributed by atoms with van der Waals surface area (Å²) in [5.74, 6) is 0.473. The van der Waals surface area contributed by atoms with E-state index < -0.39 is 0 Å². The highest BCUT2D eigenvalue weighted by Gasteiger charge is 2.29. The zero-order valence-corrected chi connectivity index (χ0v) is 12.0. The lowest BCUT2D eigenvalue weighted by Crippen LogP contribution is -2.38. The van der Waals surface area contributed by atoms with Crippen molar-refractivity contribution in [2.45, 2.75) is 39.7 Å². The molecule has 1 aromatic rings. The third-order valence-electron chi connectivity index (χ3n) is 3.60. The smallest absolute Gasteiger partial charge is 0.273 e. The van der Waals surface area contributed by atoms with E-state index in [1.807, 2.05) is 13.8 Å². The average molecular weight is 279 g/mol. The summed E-state index contributed by atoms with van der Waals surface area (Å²) in [6, 6.07) is 0. The lowest BCUT2D eigenvalue weighted by molar-refractivity contribution is -0.138. The molecule has 1 heterocycles. The van der Waals surface area contributed by atoms with Crippen molar-refractivity contribution in [3.63, 3.8) is 0 Å². The molecule has 1 fully saturated rings. The zero-order valence-electron chi connectivity index (χ0n) is 12.0. The maximum atomic E-state index is 12.2. The molecule has 1 aliphatic carbocycles. The van der Waals surface area contributed by atoms with Gasteiger partial charge in [0, 0.05) is 19.0 Å². The number of nitrogens with one attached hydrogen (secondary N) is 1. The van der Waals surface area contributed by atoms with Gasteiger partial charge in [-0.1, -0.05) is 6.42 Å². The van der Waals surface area contributed by atoms with Crippen LogP contribution in [-0.4, -0.2) is 34.8 Å². The van der Waals surface area contributed by atoms with Crippen molar-refractivity contribution in [1.29, 1.82) is 0 Å². The first kappa shape index (κ1) is 14.6.